The van der Waals surface area contributed by atoms with Crippen LogP contribution in [0, 0.1) is 17.8 Å². The zero-order valence-corrected chi connectivity index (χ0v) is 20.1. The van der Waals surface area contributed by atoms with Gasteiger partial charge < -0.3 is 25.0 Å². The molecule has 1 saturated heterocycles. The number of ether oxygens (including phenoxy) is 2. The van der Waals surface area contributed by atoms with Crippen molar-refractivity contribution in [3.05, 3.63) is 18.2 Å². The van der Waals surface area contributed by atoms with Crippen molar-refractivity contribution in [3.8, 4) is 11.5 Å². The maximum Gasteiger partial charge on any atom is 0.191 e. The van der Waals surface area contributed by atoms with Crippen molar-refractivity contribution < 1.29 is 9.47 Å². The van der Waals surface area contributed by atoms with Gasteiger partial charge in [-0.15, -0.1) is 24.0 Å². The Balaban J connectivity index is 0.00000240. The third kappa shape index (κ3) is 5.83. The van der Waals surface area contributed by atoms with Crippen molar-refractivity contribution in [3.63, 3.8) is 0 Å². The van der Waals surface area contributed by atoms with Gasteiger partial charge in [-0.1, -0.05) is 0 Å². The Morgan fingerprint density at radius 1 is 1.07 bits per heavy atom. The first kappa shape index (κ1) is 22.3. The van der Waals surface area contributed by atoms with E-state index in [4.69, 9.17) is 9.47 Å². The minimum atomic E-state index is 0. The Morgan fingerprint density at radius 2 is 1.69 bits per heavy atom. The molecule has 0 aromatic heterocycles. The van der Waals surface area contributed by atoms with Crippen molar-refractivity contribution in [2.75, 3.05) is 45.8 Å². The number of nitrogens with zero attached hydrogens (tertiary/aromatic N) is 2. The van der Waals surface area contributed by atoms with Gasteiger partial charge in [0.1, 0.15) is 11.5 Å². The fraction of sp³-hybridized carbons (Fsp3) is 0.682. The number of nitrogens with one attached hydrogen (secondary N) is 2. The normalized spacial score (nSPS) is 21.7. The fourth-order valence-corrected chi connectivity index (χ4v) is 4.46. The number of methoxy groups -OCH3 is 2. The molecule has 2 N–H and O–H groups in total. The summed E-state index contributed by atoms with van der Waals surface area (Å²) in [6, 6.07) is 6.46. The second-order valence-electron chi connectivity index (χ2n) is 8.44. The summed E-state index contributed by atoms with van der Waals surface area (Å²) < 4.78 is 10.8. The second kappa shape index (κ2) is 10.1. The molecule has 2 saturated carbocycles. The maximum absolute atomic E-state index is 5.42. The first-order valence-corrected chi connectivity index (χ1v) is 10.7. The van der Waals surface area contributed by atoms with Crippen molar-refractivity contribution in [2.45, 2.75) is 38.1 Å². The van der Waals surface area contributed by atoms with Gasteiger partial charge in [0.2, 0.25) is 0 Å². The predicted octanol–water partition coefficient (Wildman–Crippen LogP) is 3.50. The van der Waals surface area contributed by atoms with Crippen LogP contribution in [0.5, 0.6) is 11.5 Å². The smallest absolute Gasteiger partial charge is 0.191 e. The minimum absolute atomic E-state index is 0. The van der Waals surface area contributed by atoms with Gasteiger partial charge in [-0.2, -0.15) is 0 Å². The van der Waals surface area contributed by atoms with Crippen LogP contribution in [-0.2, 0) is 0 Å². The third-order valence-corrected chi connectivity index (χ3v) is 6.41. The molecule has 1 unspecified atom stereocenters. The number of guanidine groups is 1. The molecule has 3 fully saturated rings. The first-order valence-electron chi connectivity index (χ1n) is 10.7. The van der Waals surface area contributed by atoms with Gasteiger partial charge in [-0.05, 0) is 49.9 Å². The van der Waals surface area contributed by atoms with E-state index < -0.39 is 0 Å². The summed E-state index contributed by atoms with van der Waals surface area (Å²) >= 11 is 0. The first-order chi connectivity index (χ1) is 13.7. The van der Waals surface area contributed by atoms with E-state index in [9.17, 15) is 0 Å². The monoisotopic (exact) mass is 514 g/mol. The average molecular weight is 514 g/mol. The van der Waals surface area contributed by atoms with Crippen LogP contribution in [0.1, 0.15) is 32.1 Å². The van der Waals surface area contributed by atoms with Gasteiger partial charge in [0.25, 0.3) is 0 Å². The fourth-order valence-electron chi connectivity index (χ4n) is 4.46. The molecule has 6 nitrogen and oxygen atoms in total. The lowest BCUT2D eigenvalue weighted by Gasteiger charge is -2.23. The lowest BCUT2D eigenvalue weighted by Crippen LogP contribution is -2.46. The highest BCUT2D eigenvalue weighted by atomic mass is 127. The van der Waals surface area contributed by atoms with Crippen LogP contribution in [0.4, 0.5) is 5.69 Å². The number of hydrogen-bond donors (Lipinski definition) is 2. The molecule has 1 aliphatic heterocycles. The van der Waals surface area contributed by atoms with Crippen molar-refractivity contribution in [1.82, 2.24) is 10.6 Å². The lowest BCUT2D eigenvalue weighted by atomic mass is 9.98. The maximum atomic E-state index is 5.42. The molecule has 0 spiro atoms. The molecule has 2 aliphatic carbocycles. The van der Waals surface area contributed by atoms with E-state index >= 15 is 0 Å². The number of benzene rings is 1. The number of halogens is 1. The van der Waals surface area contributed by atoms with E-state index in [0.29, 0.717) is 6.04 Å². The van der Waals surface area contributed by atoms with Crippen LogP contribution < -0.4 is 25.0 Å². The van der Waals surface area contributed by atoms with Gasteiger partial charge in [0, 0.05) is 56.6 Å². The van der Waals surface area contributed by atoms with Gasteiger partial charge >= 0.3 is 0 Å². The minimum Gasteiger partial charge on any atom is -0.497 e. The Kier molecular flexibility index (Phi) is 7.76. The van der Waals surface area contributed by atoms with Crippen LogP contribution in [0.3, 0.4) is 0 Å². The molecule has 0 radical (unpaired) electrons. The topological polar surface area (TPSA) is 58.1 Å². The standard InChI is InChI=1S/C22H34N4O2.HI/c1-23-22(24-13-21(15-4-5-15)16-6-7-16)25-17-8-9-26(14-17)18-10-19(27-2)12-20(11-18)28-3;/h10-12,15-17,21H,4-9,13-14H2,1-3H3,(H2,23,24,25);1H. The largest absolute Gasteiger partial charge is 0.497 e. The lowest BCUT2D eigenvalue weighted by molar-refractivity contribution is 0.394. The zero-order valence-electron chi connectivity index (χ0n) is 17.8. The highest BCUT2D eigenvalue weighted by Crippen LogP contribution is 2.48. The molecule has 7 heteroatoms. The summed E-state index contributed by atoms with van der Waals surface area (Å²) in [5.41, 5.74) is 1.14. The van der Waals surface area contributed by atoms with Crippen LogP contribution >= 0.6 is 24.0 Å². The molecule has 3 aliphatic rings. The molecular weight excluding hydrogens is 479 g/mol. The summed E-state index contributed by atoms with van der Waals surface area (Å²) in [4.78, 5) is 6.85. The molecule has 29 heavy (non-hydrogen) atoms. The highest BCUT2D eigenvalue weighted by Gasteiger charge is 2.41. The van der Waals surface area contributed by atoms with Crippen LogP contribution in [-0.4, -0.2) is 52.9 Å². The quantitative estimate of drug-likeness (QED) is 0.316. The molecule has 4 rings (SSSR count). The summed E-state index contributed by atoms with van der Waals surface area (Å²) in [5.74, 6) is 5.37. The van der Waals surface area contributed by atoms with Crippen molar-refractivity contribution in [2.24, 2.45) is 22.7 Å². The number of rotatable bonds is 8. The van der Waals surface area contributed by atoms with E-state index in [1.54, 1.807) is 14.2 Å². The second-order valence-corrected chi connectivity index (χ2v) is 8.44. The van der Waals surface area contributed by atoms with E-state index in [1.165, 1.54) is 25.7 Å². The van der Waals surface area contributed by atoms with Crippen LogP contribution in [0.2, 0.25) is 0 Å². The Bertz CT molecular complexity index is 672. The van der Waals surface area contributed by atoms with Gasteiger partial charge in [0.15, 0.2) is 5.96 Å². The van der Waals surface area contributed by atoms with Gasteiger partial charge in [-0.3, -0.25) is 4.99 Å². The number of hydrogen-bond acceptors (Lipinski definition) is 4. The van der Waals surface area contributed by atoms with Gasteiger partial charge in [-0.25, -0.2) is 0 Å². The highest BCUT2D eigenvalue weighted by molar-refractivity contribution is 14.0. The van der Waals surface area contributed by atoms with E-state index in [2.05, 4.69) is 32.7 Å². The molecule has 162 valence electrons. The van der Waals surface area contributed by atoms with E-state index in [1.807, 2.05) is 13.1 Å². The Labute approximate surface area is 191 Å². The summed E-state index contributed by atoms with van der Waals surface area (Å²) in [6.45, 7) is 3.03. The summed E-state index contributed by atoms with van der Waals surface area (Å²) in [6.07, 6.45) is 6.80. The van der Waals surface area contributed by atoms with E-state index in [0.717, 1.165) is 67.0 Å². The zero-order chi connectivity index (χ0) is 19.5. The molecule has 1 aromatic carbocycles. The Hall–Kier alpha value is -1.38. The van der Waals surface area contributed by atoms with Crippen molar-refractivity contribution >= 4 is 35.6 Å². The van der Waals surface area contributed by atoms with E-state index in [-0.39, 0.29) is 24.0 Å². The average Bonchev–Trinajstić information content (AvgIpc) is 3.66. The molecule has 1 aromatic rings. The number of anilines is 1. The SMILES string of the molecule is CN=C(NCC(C1CC1)C1CC1)NC1CCN(c2cc(OC)cc(OC)c2)C1.I. The molecule has 0 amide bonds. The predicted molar refractivity (Wildman–Crippen MR) is 129 cm³/mol. The molecule has 0 bridgehead atoms. The van der Waals surface area contributed by atoms with Crippen LogP contribution in [0.15, 0.2) is 23.2 Å². The molecule has 1 heterocycles. The van der Waals surface area contributed by atoms with Gasteiger partial charge in [0.05, 0.1) is 14.2 Å². The Morgan fingerprint density at radius 3 is 2.21 bits per heavy atom. The third-order valence-electron chi connectivity index (χ3n) is 6.41. The summed E-state index contributed by atoms with van der Waals surface area (Å²) in [7, 11) is 5.26. The van der Waals surface area contributed by atoms with Crippen LogP contribution in [0.25, 0.3) is 0 Å². The summed E-state index contributed by atoms with van der Waals surface area (Å²) in [5, 5.41) is 7.24. The van der Waals surface area contributed by atoms with Crippen molar-refractivity contribution in [1.29, 1.82) is 0 Å². The number of aliphatic imine (C=N–C) groups is 1. The molecular formula is C22H35IN4O2. The molecule has 1 atom stereocenters.